The second kappa shape index (κ2) is 11.4. The van der Waals surface area contributed by atoms with Crippen LogP contribution in [-0.4, -0.2) is 10.8 Å². The van der Waals surface area contributed by atoms with E-state index >= 15 is 0 Å². The third-order valence-electron chi connectivity index (χ3n) is 4.50. The smallest absolute Gasteiger partial charge is 0.269 e. The lowest BCUT2D eigenvalue weighted by Crippen LogP contribution is -2.23. The number of carbonyl (C=O) groups excluding carboxylic acids is 1. The molecular formula is C24H17Br2N3O4. The monoisotopic (exact) mass is 569 g/mol. The Balaban J connectivity index is 1.72. The summed E-state index contributed by atoms with van der Waals surface area (Å²) in [6.07, 6.45) is 1.49. The van der Waals surface area contributed by atoms with E-state index in [1.54, 1.807) is 24.3 Å². The van der Waals surface area contributed by atoms with Gasteiger partial charge in [0, 0.05) is 18.7 Å². The number of rotatable bonds is 8. The minimum Gasteiger partial charge on any atom is -0.487 e. The number of nitro benzene ring substituents is 1. The van der Waals surface area contributed by atoms with Gasteiger partial charge in [0.05, 0.1) is 13.9 Å². The largest absolute Gasteiger partial charge is 0.487 e. The summed E-state index contributed by atoms with van der Waals surface area (Å²) >= 11 is 6.89. The normalized spacial score (nSPS) is 10.9. The van der Waals surface area contributed by atoms with Gasteiger partial charge in [-0.05, 0) is 66.8 Å². The molecule has 0 heterocycles. The van der Waals surface area contributed by atoms with Crippen molar-refractivity contribution in [2.45, 2.75) is 13.2 Å². The van der Waals surface area contributed by atoms with Crippen molar-refractivity contribution in [2.24, 2.45) is 0 Å². The molecule has 166 valence electrons. The van der Waals surface area contributed by atoms with Crippen molar-refractivity contribution in [3.63, 3.8) is 0 Å². The Morgan fingerprint density at radius 2 is 1.73 bits per heavy atom. The molecule has 0 aliphatic heterocycles. The van der Waals surface area contributed by atoms with E-state index in [2.05, 4.69) is 37.2 Å². The van der Waals surface area contributed by atoms with Crippen molar-refractivity contribution in [1.82, 2.24) is 5.32 Å². The molecule has 0 unspecified atom stereocenters. The number of hydrogen-bond donors (Lipinski definition) is 1. The molecule has 0 bridgehead atoms. The van der Waals surface area contributed by atoms with E-state index < -0.39 is 10.8 Å². The van der Waals surface area contributed by atoms with Gasteiger partial charge in [-0.15, -0.1) is 0 Å². The number of amides is 1. The van der Waals surface area contributed by atoms with Crippen molar-refractivity contribution < 1.29 is 14.5 Å². The number of nitrogens with one attached hydrogen (secondary N) is 1. The van der Waals surface area contributed by atoms with Crippen LogP contribution < -0.4 is 10.1 Å². The van der Waals surface area contributed by atoms with Crippen molar-refractivity contribution in [1.29, 1.82) is 5.26 Å². The summed E-state index contributed by atoms with van der Waals surface area (Å²) in [4.78, 5) is 22.9. The Hall–Kier alpha value is -3.48. The van der Waals surface area contributed by atoms with E-state index in [1.807, 2.05) is 36.4 Å². The van der Waals surface area contributed by atoms with Gasteiger partial charge in [-0.3, -0.25) is 14.9 Å². The molecule has 1 amide bonds. The number of ether oxygens (including phenoxy) is 1. The van der Waals surface area contributed by atoms with Gasteiger partial charge < -0.3 is 10.1 Å². The van der Waals surface area contributed by atoms with Gasteiger partial charge in [-0.25, -0.2) is 0 Å². The number of hydrogen-bond acceptors (Lipinski definition) is 5. The number of benzene rings is 3. The number of nitriles is 1. The van der Waals surface area contributed by atoms with Crippen molar-refractivity contribution in [3.05, 3.63) is 108 Å². The molecule has 0 aromatic heterocycles. The first-order valence-corrected chi connectivity index (χ1v) is 11.2. The average Bonchev–Trinajstić information content (AvgIpc) is 2.81. The lowest BCUT2D eigenvalue weighted by molar-refractivity contribution is -0.384. The average molecular weight is 571 g/mol. The molecular weight excluding hydrogens is 554 g/mol. The SMILES string of the molecule is N#C/C(=C/c1cc(Br)c(OCc2cccc([N+](=O)[O-])c2)c(Br)c1)C(=O)NCc1ccccc1. The minimum atomic E-state index is -0.473. The fourth-order valence-corrected chi connectivity index (χ4v) is 4.36. The Bertz CT molecular complexity index is 1230. The fourth-order valence-electron chi connectivity index (χ4n) is 2.90. The molecule has 1 N–H and O–H groups in total. The van der Waals surface area contributed by atoms with Crippen LogP contribution in [0.15, 0.2) is 81.2 Å². The summed E-state index contributed by atoms with van der Waals surface area (Å²) in [5, 5.41) is 23.1. The number of nitrogens with zero attached hydrogens (tertiary/aromatic N) is 2. The predicted molar refractivity (Wildman–Crippen MR) is 131 cm³/mol. The zero-order chi connectivity index (χ0) is 23.8. The Morgan fingerprint density at radius 3 is 2.36 bits per heavy atom. The molecule has 0 aliphatic rings. The second-order valence-electron chi connectivity index (χ2n) is 6.87. The zero-order valence-corrected chi connectivity index (χ0v) is 20.3. The molecule has 7 nitrogen and oxygen atoms in total. The van der Waals surface area contributed by atoms with Crippen molar-refractivity contribution >= 4 is 49.5 Å². The van der Waals surface area contributed by atoms with Crippen LogP contribution in [0.2, 0.25) is 0 Å². The lowest BCUT2D eigenvalue weighted by atomic mass is 10.1. The van der Waals surface area contributed by atoms with E-state index in [1.165, 1.54) is 18.2 Å². The quantitative estimate of drug-likeness (QED) is 0.156. The highest BCUT2D eigenvalue weighted by atomic mass is 79.9. The van der Waals surface area contributed by atoms with Gasteiger partial charge in [0.1, 0.15) is 24.0 Å². The standard InChI is InChI=1S/C24H17Br2N3O4/c25-21-11-18(9-19(13-27)24(30)28-14-16-5-2-1-3-6-16)12-22(26)23(21)33-15-17-7-4-8-20(10-17)29(31)32/h1-12H,14-15H2,(H,28,30)/b19-9-. The molecule has 0 spiro atoms. The summed E-state index contributed by atoms with van der Waals surface area (Å²) in [5.74, 6) is 0.0188. The molecule has 0 atom stereocenters. The van der Waals surface area contributed by atoms with Crippen LogP contribution in [0.5, 0.6) is 5.75 Å². The molecule has 3 aromatic carbocycles. The van der Waals surface area contributed by atoms with Crippen molar-refractivity contribution in [2.75, 3.05) is 0 Å². The molecule has 9 heteroatoms. The molecule has 0 fully saturated rings. The van der Waals surface area contributed by atoms with Gasteiger partial charge >= 0.3 is 0 Å². The van der Waals surface area contributed by atoms with Gasteiger partial charge in [0.2, 0.25) is 0 Å². The number of halogens is 2. The highest BCUT2D eigenvalue weighted by Crippen LogP contribution is 2.36. The summed E-state index contributed by atoms with van der Waals surface area (Å²) < 4.78 is 7.01. The van der Waals surface area contributed by atoms with Crippen LogP contribution in [0, 0.1) is 21.4 Å². The van der Waals surface area contributed by atoms with E-state index in [-0.39, 0.29) is 17.9 Å². The van der Waals surface area contributed by atoms with E-state index in [0.29, 0.717) is 32.4 Å². The predicted octanol–water partition coefficient (Wildman–Crippen LogP) is 5.92. The van der Waals surface area contributed by atoms with Crippen LogP contribution in [0.3, 0.4) is 0 Å². The molecule has 0 aliphatic carbocycles. The molecule has 3 aromatic rings. The summed E-state index contributed by atoms with van der Waals surface area (Å²) in [6, 6.07) is 21.0. The maximum atomic E-state index is 12.4. The fraction of sp³-hybridized carbons (Fsp3) is 0.0833. The highest BCUT2D eigenvalue weighted by molar-refractivity contribution is 9.11. The van der Waals surface area contributed by atoms with E-state index in [9.17, 15) is 20.2 Å². The Labute approximate surface area is 207 Å². The minimum absolute atomic E-state index is 0.00992. The number of nitro groups is 1. The molecule has 33 heavy (non-hydrogen) atoms. The van der Waals surface area contributed by atoms with Gasteiger partial charge in [0.25, 0.3) is 11.6 Å². The summed E-state index contributed by atoms with van der Waals surface area (Å²) in [6.45, 7) is 0.440. The maximum Gasteiger partial charge on any atom is 0.269 e. The molecule has 3 rings (SSSR count). The molecule has 0 saturated heterocycles. The third-order valence-corrected chi connectivity index (χ3v) is 5.68. The van der Waals surface area contributed by atoms with E-state index in [0.717, 1.165) is 5.56 Å². The zero-order valence-electron chi connectivity index (χ0n) is 17.1. The molecule has 0 saturated carbocycles. The topological polar surface area (TPSA) is 105 Å². The van der Waals surface area contributed by atoms with Gasteiger partial charge in [-0.1, -0.05) is 42.5 Å². The first-order valence-electron chi connectivity index (χ1n) is 9.66. The van der Waals surface area contributed by atoms with Crippen LogP contribution in [0.25, 0.3) is 6.08 Å². The van der Waals surface area contributed by atoms with Crippen LogP contribution in [-0.2, 0) is 17.9 Å². The lowest BCUT2D eigenvalue weighted by Gasteiger charge is -2.12. The third kappa shape index (κ3) is 6.75. The van der Waals surface area contributed by atoms with Crippen LogP contribution in [0.1, 0.15) is 16.7 Å². The van der Waals surface area contributed by atoms with Crippen LogP contribution in [0.4, 0.5) is 5.69 Å². The first kappa shape index (κ1) is 24.2. The Morgan fingerprint density at radius 1 is 1.06 bits per heavy atom. The van der Waals surface area contributed by atoms with Gasteiger partial charge in [-0.2, -0.15) is 5.26 Å². The van der Waals surface area contributed by atoms with Crippen LogP contribution >= 0.6 is 31.9 Å². The Kier molecular flexibility index (Phi) is 8.35. The second-order valence-corrected chi connectivity index (χ2v) is 8.58. The van der Waals surface area contributed by atoms with Crippen molar-refractivity contribution in [3.8, 4) is 11.8 Å². The highest BCUT2D eigenvalue weighted by Gasteiger charge is 2.13. The van der Waals surface area contributed by atoms with Gasteiger partial charge in [0.15, 0.2) is 0 Å². The summed E-state index contributed by atoms with van der Waals surface area (Å²) in [5.41, 5.74) is 2.15. The summed E-state index contributed by atoms with van der Waals surface area (Å²) in [7, 11) is 0. The maximum absolute atomic E-state index is 12.4. The first-order chi connectivity index (χ1) is 15.9. The number of non-ortho nitro benzene ring substituents is 1. The van der Waals surface area contributed by atoms with E-state index in [4.69, 9.17) is 4.74 Å². The molecule has 0 radical (unpaired) electrons. The number of carbonyl (C=O) groups is 1.